The molecule has 0 aromatic rings. The Labute approximate surface area is 104 Å². The van der Waals surface area contributed by atoms with Crippen molar-refractivity contribution in [3.8, 4) is 0 Å². The van der Waals surface area contributed by atoms with Gasteiger partial charge in [0.05, 0.1) is 19.3 Å². The summed E-state index contributed by atoms with van der Waals surface area (Å²) in [5.41, 5.74) is 0. The molecular formula is C10H17ClF3NO2. The van der Waals surface area contributed by atoms with E-state index in [2.05, 4.69) is 4.74 Å². The zero-order chi connectivity index (χ0) is 12.7. The first-order chi connectivity index (χ1) is 8.01. The van der Waals surface area contributed by atoms with Gasteiger partial charge in [-0.3, -0.25) is 4.74 Å². The van der Waals surface area contributed by atoms with E-state index in [9.17, 15) is 13.2 Å². The third kappa shape index (κ3) is 7.08. The Morgan fingerprint density at radius 3 is 2.35 bits per heavy atom. The highest BCUT2D eigenvalue weighted by molar-refractivity contribution is 6.17. The summed E-state index contributed by atoms with van der Waals surface area (Å²) >= 11 is 5.50. The molecule has 0 bridgehead atoms. The lowest BCUT2D eigenvalue weighted by Gasteiger charge is -2.31. The third-order valence-electron chi connectivity index (χ3n) is 2.64. The molecule has 1 heterocycles. The van der Waals surface area contributed by atoms with E-state index in [4.69, 9.17) is 16.3 Å². The predicted molar refractivity (Wildman–Crippen MR) is 58.1 cm³/mol. The number of hydrogen-bond donors (Lipinski definition) is 0. The number of likely N-dealkylation sites (tertiary alicyclic amines) is 1. The van der Waals surface area contributed by atoms with Crippen LogP contribution in [0, 0.1) is 0 Å². The minimum atomic E-state index is -4.53. The van der Waals surface area contributed by atoms with E-state index in [-0.39, 0.29) is 12.7 Å². The first-order valence-electron chi connectivity index (χ1n) is 5.62. The van der Waals surface area contributed by atoms with Gasteiger partial charge in [-0.2, -0.15) is 0 Å². The standard InChI is InChI=1S/C10H17ClF3NO2/c11-3-7-16-9-1-4-15(5-2-9)6-8-17-10(12,13)14/h9H,1-8H2. The Kier molecular flexibility index (Phi) is 6.54. The van der Waals surface area contributed by atoms with Crippen molar-refractivity contribution in [2.75, 3.05) is 38.7 Å². The second kappa shape index (κ2) is 7.41. The van der Waals surface area contributed by atoms with Crippen molar-refractivity contribution in [3.05, 3.63) is 0 Å². The molecule has 1 fully saturated rings. The van der Waals surface area contributed by atoms with Crippen LogP contribution in [0.3, 0.4) is 0 Å². The number of piperidine rings is 1. The van der Waals surface area contributed by atoms with Gasteiger partial charge in [-0.05, 0) is 12.8 Å². The van der Waals surface area contributed by atoms with Crippen LogP contribution in [0.25, 0.3) is 0 Å². The Hall–Kier alpha value is -0.0400. The molecule has 0 radical (unpaired) electrons. The average molecular weight is 276 g/mol. The molecule has 0 amide bonds. The van der Waals surface area contributed by atoms with Crippen LogP contribution in [-0.4, -0.2) is 56.1 Å². The summed E-state index contributed by atoms with van der Waals surface area (Å²) in [5, 5.41) is 0. The van der Waals surface area contributed by atoms with Crippen LogP contribution in [0.15, 0.2) is 0 Å². The van der Waals surface area contributed by atoms with Gasteiger partial charge in [-0.25, -0.2) is 0 Å². The van der Waals surface area contributed by atoms with Crippen LogP contribution in [0.4, 0.5) is 13.2 Å². The van der Waals surface area contributed by atoms with Crippen LogP contribution in [0.1, 0.15) is 12.8 Å². The summed E-state index contributed by atoms with van der Waals surface area (Å²) in [6, 6.07) is 0. The van der Waals surface area contributed by atoms with Crippen molar-refractivity contribution >= 4 is 11.6 Å². The van der Waals surface area contributed by atoms with E-state index in [0.717, 1.165) is 25.9 Å². The highest BCUT2D eigenvalue weighted by atomic mass is 35.5. The topological polar surface area (TPSA) is 21.7 Å². The number of halogens is 4. The van der Waals surface area contributed by atoms with E-state index in [1.807, 2.05) is 4.90 Å². The minimum absolute atomic E-state index is 0.188. The molecule has 0 N–H and O–H groups in total. The Morgan fingerprint density at radius 2 is 1.82 bits per heavy atom. The van der Waals surface area contributed by atoms with Gasteiger partial charge in [0.2, 0.25) is 0 Å². The summed E-state index contributed by atoms with van der Waals surface area (Å²) in [5.74, 6) is 0.472. The molecule has 1 aliphatic heterocycles. The molecule has 0 saturated carbocycles. The van der Waals surface area contributed by atoms with Crippen LogP contribution < -0.4 is 0 Å². The van der Waals surface area contributed by atoms with E-state index >= 15 is 0 Å². The summed E-state index contributed by atoms with van der Waals surface area (Å²) in [6.07, 6.45) is -2.67. The molecule has 1 rings (SSSR count). The first-order valence-corrected chi connectivity index (χ1v) is 6.15. The molecule has 0 atom stereocenters. The van der Waals surface area contributed by atoms with Gasteiger partial charge < -0.3 is 9.64 Å². The highest BCUT2D eigenvalue weighted by Crippen LogP contribution is 2.17. The summed E-state index contributed by atoms with van der Waals surface area (Å²) < 4.78 is 44.4. The third-order valence-corrected chi connectivity index (χ3v) is 2.79. The fourth-order valence-electron chi connectivity index (χ4n) is 1.80. The molecular weight excluding hydrogens is 259 g/mol. The molecule has 0 unspecified atom stereocenters. The van der Waals surface area contributed by atoms with Crippen LogP contribution in [0.2, 0.25) is 0 Å². The fraction of sp³-hybridized carbons (Fsp3) is 1.00. The molecule has 0 aromatic heterocycles. The molecule has 1 aliphatic rings. The van der Waals surface area contributed by atoms with Crippen molar-refractivity contribution < 1.29 is 22.6 Å². The Morgan fingerprint density at radius 1 is 1.18 bits per heavy atom. The van der Waals surface area contributed by atoms with Crippen molar-refractivity contribution in [3.63, 3.8) is 0 Å². The number of rotatable bonds is 6. The molecule has 0 spiro atoms. The lowest BCUT2D eigenvalue weighted by atomic mass is 10.1. The monoisotopic (exact) mass is 275 g/mol. The second-order valence-electron chi connectivity index (χ2n) is 3.89. The maximum absolute atomic E-state index is 11.7. The molecule has 3 nitrogen and oxygen atoms in total. The quantitative estimate of drug-likeness (QED) is 0.694. The zero-order valence-corrected chi connectivity index (χ0v) is 10.3. The van der Waals surface area contributed by atoms with Gasteiger partial charge in [0.1, 0.15) is 0 Å². The maximum atomic E-state index is 11.7. The largest absolute Gasteiger partial charge is 0.522 e. The molecule has 0 aromatic carbocycles. The Bertz CT molecular complexity index is 208. The maximum Gasteiger partial charge on any atom is 0.522 e. The summed E-state index contributed by atoms with van der Waals surface area (Å²) in [4.78, 5) is 1.95. The van der Waals surface area contributed by atoms with E-state index in [1.54, 1.807) is 0 Å². The summed E-state index contributed by atoms with van der Waals surface area (Å²) in [7, 11) is 0. The minimum Gasteiger partial charge on any atom is -0.377 e. The molecule has 7 heteroatoms. The normalized spacial score (nSPS) is 19.8. The number of ether oxygens (including phenoxy) is 2. The van der Waals surface area contributed by atoms with Crippen molar-refractivity contribution in [2.45, 2.75) is 25.3 Å². The van der Waals surface area contributed by atoms with Gasteiger partial charge in [0, 0.05) is 25.5 Å². The lowest BCUT2D eigenvalue weighted by Crippen LogP contribution is -2.39. The van der Waals surface area contributed by atoms with Gasteiger partial charge in [0.25, 0.3) is 0 Å². The first kappa shape index (κ1) is 15.0. The molecule has 102 valence electrons. The SMILES string of the molecule is FC(F)(F)OCCN1CCC(OCCCl)CC1. The van der Waals surface area contributed by atoms with E-state index in [0.29, 0.717) is 19.0 Å². The van der Waals surface area contributed by atoms with Gasteiger partial charge in [0.15, 0.2) is 0 Å². The predicted octanol–water partition coefficient (Wildman–Crippen LogP) is 2.24. The van der Waals surface area contributed by atoms with Crippen LogP contribution >= 0.6 is 11.6 Å². The van der Waals surface area contributed by atoms with E-state index < -0.39 is 6.36 Å². The fourth-order valence-corrected chi connectivity index (χ4v) is 1.89. The zero-order valence-electron chi connectivity index (χ0n) is 9.51. The Balaban J connectivity index is 2.07. The molecule has 0 aliphatic carbocycles. The number of nitrogens with zero attached hydrogens (tertiary/aromatic N) is 1. The number of hydrogen-bond acceptors (Lipinski definition) is 3. The number of alkyl halides is 4. The van der Waals surface area contributed by atoms with Crippen molar-refractivity contribution in [2.24, 2.45) is 0 Å². The van der Waals surface area contributed by atoms with Gasteiger partial charge in [-0.1, -0.05) is 0 Å². The van der Waals surface area contributed by atoms with Crippen molar-refractivity contribution in [1.82, 2.24) is 4.90 Å². The smallest absolute Gasteiger partial charge is 0.377 e. The highest BCUT2D eigenvalue weighted by Gasteiger charge is 2.29. The molecule has 17 heavy (non-hydrogen) atoms. The van der Waals surface area contributed by atoms with Gasteiger partial charge in [-0.15, -0.1) is 24.8 Å². The summed E-state index contributed by atoms with van der Waals surface area (Å²) in [6.45, 7) is 2.02. The molecule has 1 saturated heterocycles. The lowest BCUT2D eigenvalue weighted by molar-refractivity contribution is -0.325. The van der Waals surface area contributed by atoms with Crippen molar-refractivity contribution in [1.29, 1.82) is 0 Å². The van der Waals surface area contributed by atoms with E-state index in [1.165, 1.54) is 0 Å². The average Bonchev–Trinajstić information content (AvgIpc) is 2.26. The van der Waals surface area contributed by atoms with Crippen LogP contribution in [-0.2, 0) is 9.47 Å². The van der Waals surface area contributed by atoms with Crippen LogP contribution in [0.5, 0.6) is 0 Å². The van der Waals surface area contributed by atoms with Gasteiger partial charge >= 0.3 is 6.36 Å². The second-order valence-corrected chi connectivity index (χ2v) is 4.27.